The van der Waals surface area contributed by atoms with E-state index in [1.54, 1.807) is 0 Å². The second kappa shape index (κ2) is 3.89. The fourth-order valence-corrected chi connectivity index (χ4v) is 0.799. The van der Waals surface area contributed by atoms with Crippen molar-refractivity contribution in [1.82, 2.24) is 0 Å². The first-order valence-corrected chi connectivity index (χ1v) is 3.43. The maximum Gasteiger partial charge on any atom is 0.573 e. The number of hydrogen-bond acceptors (Lipinski definition) is 2. The summed E-state index contributed by atoms with van der Waals surface area (Å²) in [5, 5.41) is 3.05. The molecule has 0 bridgehead atoms. The molecule has 14 heavy (non-hydrogen) atoms. The van der Waals surface area contributed by atoms with Crippen LogP contribution >= 0.6 is 0 Å². The van der Waals surface area contributed by atoms with Gasteiger partial charge in [-0.1, -0.05) is 17.2 Å². The summed E-state index contributed by atoms with van der Waals surface area (Å²) < 4.78 is 39.0. The molecule has 74 valence electrons. The van der Waals surface area contributed by atoms with E-state index in [-0.39, 0.29) is 5.69 Å². The molecule has 1 aromatic rings. The molecule has 0 radical (unpaired) electrons. The minimum Gasteiger partial charge on any atom is -0.405 e. The van der Waals surface area contributed by atoms with Gasteiger partial charge in [0.05, 0.1) is 5.69 Å². The highest BCUT2D eigenvalue weighted by Crippen LogP contribution is 2.31. The Morgan fingerprint density at radius 3 is 2.50 bits per heavy atom. The topological polar surface area (TPSA) is 58.0 Å². The van der Waals surface area contributed by atoms with E-state index >= 15 is 0 Å². The van der Waals surface area contributed by atoms with E-state index in [1.165, 1.54) is 18.2 Å². The quantitative estimate of drug-likeness (QED) is 0.412. The smallest absolute Gasteiger partial charge is 0.405 e. The van der Waals surface area contributed by atoms with Crippen LogP contribution in [0.15, 0.2) is 29.4 Å². The van der Waals surface area contributed by atoms with Gasteiger partial charge in [-0.2, -0.15) is 0 Å². The van der Waals surface area contributed by atoms with Crippen LogP contribution in [0.5, 0.6) is 5.75 Å². The first kappa shape index (κ1) is 10.2. The van der Waals surface area contributed by atoms with Crippen LogP contribution in [0.3, 0.4) is 0 Å². The summed E-state index contributed by atoms with van der Waals surface area (Å²) in [6.45, 7) is 0. The Morgan fingerprint density at radius 1 is 1.29 bits per heavy atom. The molecule has 0 aliphatic rings. The fraction of sp³-hybridized carbons (Fsp3) is 0.143. The van der Waals surface area contributed by atoms with E-state index in [0.29, 0.717) is 0 Å². The molecule has 0 aliphatic carbocycles. The van der Waals surface area contributed by atoms with Crippen LogP contribution in [0.1, 0.15) is 0 Å². The molecule has 0 saturated carbocycles. The molecule has 1 rings (SSSR count). The molecule has 7 heteroatoms. The Morgan fingerprint density at radius 2 is 1.93 bits per heavy atom. The molecule has 0 atom stereocenters. The predicted molar refractivity (Wildman–Crippen MR) is 41.9 cm³/mol. The SMILES string of the molecule is [N-]=[N+]=Nc1ccccc1OC(F)(F)F. The van der Waals surface area contributed by atoms with Crippen molar-refractivity contribution in [3.63, 3.8) is 0 Å². The summed E-state index contributed by atoms with van der Waals surface area (Å²) in [4.78, 5) is 2.37. The lowest BCUT2D eigenvalue weighted by Crippen LogP contribution is -2.17. The van der Waals surface area contributed by atoms with Crippen molar-refractivity contribution in [2.75, 3.05) is 0 Å². The molecule has 4 nitrogen and oxygen atoms in total. The van der Waals surface area contributed by atoms with Gasteiger partial charge in [-0.05, 0) is 17.7 Å². The van der Waals surface area contributed by atoms with Crippen LogP contribution in [0.2, 0.25) is 0 Å². The standard InChI is InChI=1S/C7H4F3N3O/c8-7(9,10)14-6-4-2-1-3-5(6)12-13-11/h1-4H. The van der Waals surface area contributed by atoms with Crippen LogP contribution in [-0.4, -0.2) is 6.36 Å². The van der Waals surface area contributed by atoms with Crippen LogP contribution in [-0.2, 0) is 0 Å². The van der Waals surface area contributed by atoms with Gasteiger partial charge in [0.15, 0.2) is 0 Å². The monoisotopic (exact) mass is 203 g/mol. The van der Waals surface area contributed by atoms with E-state index < -0.39 is 12.1 Å². The molecule has 0 aromatic heterocycles. The zero-order valence-electron chi connectivity index (χ0n) is 6.69. The van der Waals surface area contributed by atoms with Gasteiger partial charge in [-0.25, -0.2) is 0 Å². The molecule has 0 unspecified atom stereocenters. The van der Waals surface area contributed by atoms with Gasteiger partial charge in [0, 0.05) is 4.91 Å². The summed E-state index contributed by atoms with van der Waals surface area (Å²) in [7, 11) is 0. The number of nitrogens with zero attached hydrogens (tertiary/aromatic N) is 3. The molecular weight excluding hydrogens is 199 g/mol. The molecule has 0 N–H and O–H groups in total. The summed E-state index contributed by atoms with van der Waals surface area (Å²) in [6, 6.07) is 5.07. The third kappa shape index (κ3) is 2.87. The van der Waals surface area contributed by atoms with E-state index in [1.807, 2.05) is 0 Å². The number of ether oxygens (including phenoxy) is 1. The molecule has 0 saturated heterocycles. The molecular formula is C7H4F3N3O. The lowest BCUT2D eigenvalue weighted by Gasteiger charge is -2.09. The van der Waals surface area contributed by atoms with Gasteiger partial charge in [0.2, 0.25) is 0 Å². The van der Waals surface area contributed by atoms with Crippen molar-refractivity contribution in [3.05, 3.63) is 34.7 Å². The Balaban J connectivity index is 3.01. The third-order valence-corrected chi connectivity index (χ3v) is 1.24. The third-order valence-electron chi connectivity index (χ3n) is 1.24. The second-order valence-electron chi connectivity index (χ2n) is 2.20. The zero-order chi connectivity index (χ0) is 10.6. The summed E-state index contributed by atoms with van der Waals surface area (Å²) in [5.41, 5.74) is 7.86. The predicted octanol–water partition coefficient (Wildman–Crippen LogP) is 3.53. The number of rotatable bonds is 2. The largest absolute Gasteiger partial charge is 0.573 e. The highest BCUT2D eigenvalue weighted by Gasteiger charge is 2.31. The average molecular weight is 203 g/mol. The normalized spacial score (nSPS) is 10.5. The highest BCUT2D eigenvalue weighted by atomic mass is 19.4. The Kier molecular flexibility index (Phi) is 2.83. The van der Waals surface area contributed by atoms with Crippen LogP contribution < -0.4 is 4.74 Å². The molecule has 1 aromatic carbocycles. The highest BCUT2D eigenvalue weighted by molar-refractivity contribution is 5.51. The summed E-state index contributed by atoms with van der Waals surface area (Å²) in [6.07, 6.45) is -4.79. The molecule has 0 spiro atoms. The fourth-order valence-electron chi connectivity index (χ4n) is 0.799. The number of halogens is 3. The van der Waals surface area contributed by atoms with Crippen molar-refractivity contribution in [2.45, 2.75) is 6.36 Å². The van der Waals surface area contributed by atoms with Crippen LogP contribution in [0.4, 0.5) is 18.9 Å². The molecule has 0 fully saturated rings. The van der Waals surface area contributed by atoms with Gasteiger partial charge >= 0.3 is 6.36 Å². The number of alkyl halides is 3. The van der Waals surface area contributed by atoms with Crippen molar-refractivity contribution < 1.29 is 17.9 Å². The number of hydrogen-bond donors (Lipinski definition) is 0. The Labute approximate surface area is 76.5 Å². The van der Waals surface area contributed by atoms with E-state index in [4.69, 9.17) is 5.53 Å². The lowest BCUT2D eigenvalue weighted by molar-refractivity contribution is -0.274. The van der Waals surface area contributed by atoms with Crippen molar-refractivity contribution in [2.24, 2.45) is 5.11 Å². The van der Waals surface area contributed by atoms with Crippen LogP contribution in [0, 0.1) is 0 Å². The van der Waals surface area contributed by atoms with Crippen molar-refractivity contribution in [1.29, 1.82) is 0 Å². The van der Waals surface area contributed by atoms with Gasteiger partial charge in [-0.3, -0.25) is 0 Å². The van der Waals surface area contributed by atoms with E-state index in [0.717, 1.165) is 6.07 Å². The van der Waals surface area contributed by atoms with Gasteiger partial charge in [0.1, 0.15) is 5.75 Å². The van der Waals surface area contributed by atoms with Crippen molar-refractivity contribution >= 4 is 5.69 Å². The van der Waals surface area contributed by atoms with E-state index in [9.17, 15) is 13.2 Å². The molecule has 0 aliphatic heterocycles. The minimum atomic E-state index is -4.79. The first-order valence-electron chi connectivity index (χ1n) is 3.43. The minimum absolute atomic E-state index is 0.202. The van der Waals surface area contributed by atoms with E-state index in [2.05, 4.69) is 14.8 Å². The van der Waals surface area contributed by atoms with Crippen molar-refractivity contribution in [3.8, 4) is 5.75 Å². The molecule has 0 heterocycles. The number of para-hydroxylation sites is 1. The zero-order valence-corrected chi connectivity index (χ0v) is 6.69. The Bertz CT molecular complexity index is 371. The molecule has 0 amide bonds. The number of azide groups is 1. The maximum absolute atomic E-state index is 11.8. The lowest BCUT2D eigenvalue weighted by atomic mass is 10.3. The summed E-state index contributed by atoms with van der Waals surface area (Å²) in [5.74, 6) is -0.516. The second-order valence-corrected chi connectivity index (χ2v) is 2.20. The van der Waals surface area contributed by atoms with Gasteiger partial charge in [0.25, 0.3) is 0 Å². The van der Waals surface area contributed by atoms with Gasteiger partial charge < -0.3 is 4.74 Å². The van der Waals surface area contributed by atoms with Crippen LogP contribution in [0.25, 0.3) is 10.4 Å². The summed E-state index contributed by atoms with van der Waals surface area (Å²) >= 11 is 0. The average Bonchev–Trinajstić information content (AvgIpc) is 2.06. The Hall–Kier alpha value is -1.88. The number of benzene rings is 1. The van der Waals surface area contributed by atoms with Gasteiger partial charge in [-0.15, -0.1) is 13.2 Å². The first-order chi connectivity index (χ1) is 6.53. The maximum atomic E-state index is 11.8.